The standard InChI is InChI=1S/C20H25N3O3/c24-18(12-15-4-2-1-3-5-15)21-8-10-22(11-9-21)20(26)16-13-19(25)23(14-16)17-6-7-17/h1-5,16-17H,6-14H2. The summed E-state index contributed by atoms with van der Waals surface area (Å²) in [5, 5.41) is 0. The third kappa shape index (κ3) is 3.59. The van der Waals surface area contributed by atoms with Crippen molar-refractivity contribution in [3.63, 3.8) is 0 Å². The first-order valence-electron chi connectivity index (χ1n) is 9.52. The Bertz CT molecular complexity index is 694. The number of likely N-dealkylation sites (tertiary alicyclic amines) is 1. The Morgan fingerprint density at radius 2 is 1.62 bits per heavy atom. The third-order valence-corrected chi connectivity index (χ3v) is 5.64. The van der Waals surface area contributed by atoms with E-state index < -0.39 is 0 Å². The Hall–Kier alpha value is -2.37. The summed E-state index contributed by atoms with van der Waals surface area (Å²) in [6.45, 7) is 2.85. The van der Waals surface area contributed by atoms with Crippen LogP contribution in [0, 0.1) is 5.92 Å². The number of nitrogens with zero attached hydrogens (tertiary/aromatic N) is 3. The zero-order valence-corrected chi connectivity index (χ0v) is 15.0. The fourth-order valence-corrected chi connectivity index (χ4v) is 3.95. The van der Waals surface area contributed by atoms with Crippen LogP contribution in [0.4, 0.5) is 0 Å². The summed E-state index contributed by atoms with van der Waals surface area (Å²) in [6.07, 6.45) is 2.91. The van der Waals surface area contributed by atoms with E-state index >= 15 is 0 Å². The van der Waals surface area contributed by atoms with Gasteiger partial charge in [-0.1, -0.05) is 30.3 Å². The SMILES string of the molecule is O=C(Cc1ccccc1)N1CCN(C(=O)C2CC(=O)N(C3CC3)C2)CC1. The molecule has 1 aromatic carbocycles. The van der Waals surface area contributed by atoms with Crippen molar-refractivity contribution >= 4 is 17.7 Å². The maximum absolute atomic E-state index is 12.7. The van der Waals surface area contributed by atoms with Crippen LogP contribution in [0.15, 0.2) is 30.3 Å². The maximum atomic E-state index is 12.7. The highest BCUT2D eigenvalue weighted by atomic mass is 16.2. The van der Waals surface area contributed by atoms with Crippen LogP contribution in [0.25, 0.3) is 0 Å². The lowest BCUT2D eigenvalue weighted by Gasteiger charge is -2.36. The van der Waals surface area contributed by atoms with Crippen molar-refractivity contribution in [2.24, 2.45) is 5.92 Å². The van der Waals surface area contributed by atoms with Gasteiger partial charge in [-0.2, -0.15) is 0 Å². The fourth-order valence-electron chi connectivity index (χ4n) is 3.95. The lowest BCUT2D eigenvalue weighted by molar-refractivity contribution is -0.141. The Balaban J connectivity index is 1.27. The van der Waals surface area contributed by atoms with Gasteiger partial charge < -0.3 is 14.7 Å². The molecule has 1 aliphatic carbocycles. The molecule has 0 spiro atoms. The second-order valence-electron chi connectivity index (χ2n) is 7.55. The van der Waals surface area contributed by atoms with Gasteiger partial charge in [0.05, 0.1) is 12.3 Å². The molecule has 138 valence electrons. The summed E-state index contributed by atoms with van der Waals surface area (Å²) in [6, 6.07) is 10.1. The van der Waals surface area contributed by atoms with Crippen LogP contribution in [-0.2, 0) is 20.8 Å². The molecule has 6 nitrogen and oxygen atoms in total. The van der Waals surface area contributed by atoms with E-state index in [1.165, 1.54) is 0 Å². The highest BCUT2D eigenvalue weighted by Crippen LogP contribution is 2.33. The molecule has 4 rings (SSSR count). The van der Waals surface area contributed by atoms with Crippen LogP contribution in [0.3, 0.4) is 0 Å². The zero-order chi connectivity index (χ0) is 18.1. The molecule has 0 aromatic heterocycles. The molecule has 1 unspecified atom stereocenters. The minimum Gasteiger partial charge on any atom is -0.339 e. The molecule has 6 heteroatoms. The third-order valence-electron chi connectivity index (χ3n) is 5.64. The Morgan fingerprint density at radius 1 is 0.962 bits per heavy atom. The van der Waals surface area contributed by atoms with Gasteiger partial charge in [0.25, 0.3) is 0 Å². The summed E-state index contributed by atoms with van der Waals surface area (Å²) in [4.78, 5) is 42.8. The van der Waals surface area contributed by atoms with Crippen molar-refractivity contribution in [1.82, 2.24) is 14.7 Å². The van der Waals surface area contributed by atoms with Gasteiger partial charge in [-0.15, -0.1) is 0 Å². The Morgan fingerprint density at radius 3 is 2.27 bits per heavy atom. The molecule has 3 amide bonds. The molecule has 26 heavy (non-hydrogen) atoms. The predicted molar refractivity (Wildman–Crippen MR) is 96.1 cm³/mol. The molecule has 3 fully saturated rings. The second-order valence-corrected chi connectivity index (χ2v) is 7.55. The highest BCUT2D eigenvalue weighted by molar-refractivity contribution is 5.89. The van der Waals surface area contributed by atoms with Crippen molar-refractivity contribution in [3.8, 4) is 0 Å². The fraction of sp³-hybridized carbons (Fsp3) is 0.550. The van der Waals surface area contributed by atoms with E-state index in [-0.39, 0.29) is 23.6 Å². The highest BCUT2D eigenvalue weighted by Gasteiger charge is 2.43. The van der Waals surface area contributed by atoms with E-state index in [0.29, 0.717) is 51.6 Å². The molecular weight excluding hydrogens is 330 g/mol. The van der Waals surface area contributed by atoms with Crippen molar-refractivity contribution in [2.75, 3.05) is 32.7 Å². The first-order chi connectivity index (χ1) is 12.6. The minimum absolute atomic E-state index is 0.0802. The van der Waals surface area contributed by atoms with Gasteiger partial charge in [0.15, 0.2) is 0 Å². The first kappa shape index (κ1) is 17.1. The first-order valence-corrected chi connectivity index (χ1v) is 9.52. The van der Waals surface area contributed by atoms with Gasteiger partial charge in [0, 0.05) is 45.2 Å². The van der Waals surface area contributed by atoms with E-state index in [4.69, 9.17) is 0 Å². The minimum atomic E-state index is -0.199. The number of amides is 3. The van der Waals surface area contributed by atoms with Gasteiger partial charge in [0.2, 0.25) is 17.7 Å². The van der Waals surface area contributed by atoms with Crippen LogP contribution >= 0.6 is 0 Å². The van der Waals surface area contributed by atoms with E-state index in [2.05, 4.69) is 0 Å². The topological polar surface area (TPSA) is 60.9 Å². The molecule has 1 aromatic rings. The molecule has 0 bridgehead atoms. The summed E-state index contributed by atoms with van der Waals surface area (Å²) in [5.41, 5.74) is 1.01. The van der Waals surface area contributed by atoms with Crippen LogP contribution in [0.1, 0.15) is 24.8 Å². The van der Waals surface area contributed by atoms with E-state index in [9.17, 15) is 14.4 Å². The molecule has 2 saturated heterocycles. The number of carbonyl (C=O) groups is 3. The number of hydrogen-bond acceptors (Lipinski definition) is 3. The van der Waals surface area contributed by atoms with Crippen LogP contribution < -0.4 is 0 Å². The zero-order valence-electron chi connectivity index (χ0n) is 15.0. The van der Waals surface area contributed by atoms with Crippen molar-refractivity contribution < 1.29 is 14.4 Å². The summed E-state index contributed by atoms with van der Waals surface area (Å²) >= 11 is 0. The smallest absolute Gasteiger partial charge is 0.228 e. The second kappa shape index (κ2) is 7.09. The van der Waals surface area contributed by atoms with E-state index in [1.54, 1.807) is 0 Å². The number of carbonyl (C=O) groups excluding carboxylic acids is 3. The lowest BCUT2D eigenvalue weighted by atomic mass is 10.1. The number of rotatable bonds is 4. The average molecular weight is 355 g/mol. The van der Waals surface area contributed by atoms with Gasteiger partial charge >= 0.3 is 0 Å². The molecular formula is C20H25N3O3. The van der Waals surface area contributed by atoms with E-state index in [1.807, 2.05) is 45.0 Å². The van der Waals surface area contributed by atoms with Crippen molar-refractivity contribution in [3.05, 3.63) is 35.9 Å². The Labute approximate surface area is 153 Å². The van der Waals surface area contributed by atoms with Gasteiger partial charge in [-0.25, -0.2) is 0 Å². The summed E-state index contributed by atoms with van der Waals surface area (Å²) in [5.74, 6) is 0.119. The summed E-state index contributed by atoms with van der Waals surface area (Å²) < 4.78 is 0. The molecule has 2 heterocycles. The van der Waals surface area contributed by atoms with Gasteiger partial charge in [-0.05, 0) is 18.4 Å². The normalized spacial score (nSPS) is 23.5. The molecule has 1 saturated carbocycles. The quantitative estimate of drug-likeness (QED) is 0.807. The monoisotopic (exact) mass is 355 g/mol. The Kier molecular flexibility index (Phi) is 4.66. The number of piperazine rings is 1. The maximum Gasteiger partial charge on any atom is 0.228 e. The molecule has 3 aliphatic rings. The van der Waals surface area contributed by atoms with Gasteiger partial charge in [-0.3, -0.25) is 14.4 Å². The average Bonchev–Trinajstić information content (AvgIpc) is 3.44. The van der Waals surface area contributed by atoms with Crippen LogP contribution in [-0.4, -0.2) is 71.2 Å². The van der Waals surface area contributed by atoms with Crippen LogP contribution in [0.2, 0.25) is 0 Å². The number of hydrogen-bond donors (Lipinski definition) is 0. The van der Waals surface area contributed by atoms with E-state index in [0.717, 1.165) is 18.4 Å². The van der Waals surface area contributed by atoms with Crippen molar-refractivity contribution in [2.45, 2.75) is 31.7 Å². The summed E-state index contributed by atoms with van der Waals surface area (Å²) in [7, 11) is 0. The molecule has 2 aliphatic heterocycles. The molecule has 1 atom stereocenters. The molecule has 0 N–H and O–H groups in total. The number of benzene rings is 1. The predicted octanol–water partition coefficient (Wildman–Crippen LogP) is 0.911. The van der Waals surface area contributed by atoms with Crippen molar-refractivity contribution in [1.29, 1.82) is 0 Å². The largest absolute Gasteiger partial charge is 0.339 e. The lowest BCUT2D eigenvalue weighted by Crippen LogP contribution is -2.52. The molecule has 0 radical (unpaired) electrons. The van der Waals surface area contributed by atoms with Crippen LogP contribution in [0.5, 0.6) is 0 Å². The van der Waals surface area contributed by atoms with Gasteiger partial charge in [0.1, 0.15) is 0 Å².